The fraction of sp³-hybridized carbons (Fsp3) is 0.391. The van der Waals surface area contributed by atoms with Gasteiger partial charge >= 0.3 is 0 Å². The molecule has 4 heteroatoms. The summed E-state index contributed by atoms with van der Waals surface area (Å²) in [5, 5.41) is 6.23. The Bertz CT molecular complexity index is 810. The van der Waals surface area contributed by atoms with Crippen LogP contribution in [0.1, 0.15) is 59.3 Å². The molecular formula is C23H28N2O2. The molecule has 0 unspecified atom stereocenters. The molecule has 2 aromatic rings. The Balaban J connectivity index is 1.44. The van der Waals surface area contributed by atoms with Gasteiger partial charge in [-0.05, 0) is 34.6 Å². The Labute approximate surface area is 161 Å². The van der Waals surface area contributed by atoms with Crippen LogP contribution in [-0.2, 0) is 30.8 Å². The third-order valence-electron chi connectivity index (χ3n) is 4.89. The number of carbonyl (C=O) groups excluding carboxylic acids is 2. The van der Waals surface area contributed by atoms with Crippen molar-refractivity contribution in [1.29, 1.82) is 0 Å². The summed E-state index contributed by atoms with van der Waals surface area (Å²) in [6, 6.07) is 14.1. The Morgan fingerprint density at radius 1 is 0.963 bits per heavy atom. The molecule has 27 heavy (non-hydrogen) atoms. The maximum absolute atomic E-state index is 12.3. The van der Waals surface area contributed by atoms with E-state index in [-0.39, 0.29) is 24.5 Å². The Morgan fingerprint density at radius 2 is 1.67 bits per heavy atom. The minimum absolute atomic E-state index is 0.0184. The highest BCUT2D eigenvalue weighted by atomic mass is 16.2. The highest BCUT2D eigenvalue weighted by Gasteiger charge is 2.12. The molecule has 0 spiro atoms. The predicted molar refractivity (Wildman–Crippen MR) is 107 cm³/mol. The molecule has 0 aliphatic carbocycles. The highest BCUT2D eigenvalue weighted by Crippen LogP contribution is 2.17. The number of amides is 1. The lowest BCUT2D eigenvalue weighted by Gasteiger charge is -2.08. The normalized spacial score (nSPS) is 12.9. The van der Waals surface area contributed by atoms with Crippen molar-refractivity contribution in [3.8, 4) is 0 Å². The zero-order valence-corrected chi connectivity index (χ0v) is 16.2. The molecule has 2 aromatic carbocycles. The number of rotatable bonds is 8. The molecule has 2 N–H and O–H groups in total. The summed E-state index contributed by atoms with van der Waals surface area (Å²) in [6.07, 6.45) is 1.47. The summed E-state index contributed by atoms with van der Waals surface area (Å²) in [5.74, 6) is 0.528. The maximum Gasteiger partial charge on any atom is 0.220 e. The van der Waals surface area contributed by atoms with Crippen molar-refractivity contribution in [2.45, 2.75) is 52.7 Å². The van der Waals surface area contributed by atoms with Gasteiger partial charge in [-0.3, -0.25) is 9.59 Å². The molecule has 1 aliphatic rings. The van der Waals surface area contributed by atoms with Gasteiger partial charge in [0.1, 0.15) is 0 Å². The van der Waals surface area contributed by atoms with Crippen molar-refractivity contribution in [3.05, 3.63) is 70.3 Å². The molecule has 1 aliphatic heterocycles. The summed E-state index contributed by atoms with van der Waals surface area (Å²) >= 11 is 0. The molecule has 4 nitrogen and oxygen atoms in total. The second-order valence-corrected chi connectivity index (χ2v) is 7.70. The lowest BCUT2D eigenvalue weighted by atomic mass is 9.99. The number of hydrogen-bond acceptors (Lipinski definition) is 3. The lowest BCUT2D eigenvalue weighted by Crippen LogP contribution is -2.23. The van der Waals surface area contributed by atoms with Crippen LogP contribution in [0, 0.1) is 5.92 Å². The van der Waals surface area contributed by atoms with Crippen molar-refractivity contribution in [2.24, 2.45) is 5.92 Å². The van der Waals surface area contributed by atoms with Crippen LogP contribution in [0.3, 0.4) is 0 Å². The van der Waals surface area contributed by atoms with Gasteiger partial charge < -0.3 is 10.6 Å². The van der Waals surface area contributed by atoms with E-state index in [1.54, 1.807) is 0 Å². The molecule has 0 fully saturated rings. The van der Waals surface area contributed by atoms with Crippen molar-refractivity contribution in [2.75, 3.05) is 0 Å². The molecule has 1 heterocycles. The summed E-state index contributed by atoms with van der Waals surface area (Å²) in [5.41, 5.74) is 5.65. The highest BCUT2D eigenvalue weighted by molar-refractivity contribution is 5.97. The molecule has 0 atom stereocenters. The van der Waals surface area contributed by atoms with Crippen LogP contribution < -0.4 is 10.6 Å². The summed E-state index contributed by atoms with van der Waals surface area (Å²) in [6.45, 7) is 6.67. The van der Waals surface area contributed by atoms with Gasteiger partial charge in [-0.1, -0.05) is 56.3 Å². The first-order chi connectivity index (χ1) is 13.0. The number of nitrogens with one attached hydrogen (secondary N) is 2. The first kappa shape index (κ1) is 19.3. The van der Waals surface area contributed by atoms with E-state index in [4.69, 9.17) is 0 Å². The second-order valence-electron chi connectivity index (χ2n) is 7.70. The van der Waals surface area contributed by atoms with Gasteiger partial charge in [0.2, 0.25) is 5.91 Å². The fourth-order valence-electron chi connectivity index (χ4n) is 3.42. The molecule has 0 radical (unpaired) electrons. The lowest BCUT2D eigenvalue weighted by molar-refractivity contribution is -0.121. The average molecular weight is 364 g/mol. The van der Waals surface area contributed by atoms with Gasteiger partial charge in [-0.15, -0.1) is 0 Å². The number of ketones is 1. The predicted octanol–water partition coefficient (Wildman–Crippen LogP) is 3.77. The minimum atomic E-state index is -0.0848. The third kappa shape index (κ3) is 5.51. The van der Waals surface area contributed by atoms with Gasteiger partial charge in [0, 0.05) is 38.0 Å². The summed E-state index contributed by atoms with van der Waals surface area (Å²) in [4.78, 5) is 24.4. The maximum atomic E-state index is 12.3. The zero-order valence-electron chi connectivity index (χ0n) is 16.2. The van der Waals surface area contributed by atoms with Crippen LogP contribution >= 0.6 is 0 Å². The number of Topliss-reactive ketones (excluding diaryl/α,β-unsaturated/α-hetero) is 1. The SMILES string of the molecule is CC(C)Cc1ccc(C(=O)CCC(=O)NCc2ccc3c(c2)CNC3)cc1. The van der Waals surface area contributed by atoms with Gasteiger partial charge in [0.05, 0.1) is 0 Å². The van der Waals surface area contributed by atoms with Gasteiger partial charge in [0.25, 0.3) is 0 Å². The van der Waals surface area contributed by atoms with Crippen molar-refractivity contribution < 1.29 is 9.59 Å². The summed E-state index contributed by atoms with van der Waals surface area (Å²) in [7, 11) is 0. The number of benzene rings is 2. The molecule has 0 aromatic heterocycles. The molecule has 0 saturated heterocycles. The average Bonchev–Trinajstić information content (AvgIpc) is 3.12. The van der Waals surface area contributed by atoms with E-state index in [0.717, 1.165) is 25.1 Å². The molecule has 0 bridgehead atoms. The molecule has 1 amide bonds. The number of hydrogen-bond donors (Lipinski definition) is 2. The van der Waals surface area contributed by atoms with Crippen LogP contribution in [0.5, 0.6) is 0 Å². The van der Waals surface area contributed by atoms with E-state index in [0.29, 0.717) is 18.0 Å². The Morgan fingerprint density at radius 3 is 2.41 bits per heavy atom. The second kappa shape index (κ2) is 8.96. The van der Waals surface area contributed by atoms with Gasteiger partial charge in [-0.25, -0.2) is 0 Å². The minimum Gasteiger partial charge on any atom is -0.352 e. The van der Waals surface area contributed by atoms with E-state index < -0.39 is 0 Å². The molecule has 3 rings (SSSR count). The molecular weight excluding hydrogens is 336 g/mol. The van der Waals surface area contributed by atoms with Crippen molar-refractivity contribution in [1.82, 2.24) is 10.6 Å². The summed E-state index contributed by atoms with van der Waals surface area (Å²) < 4.78 is 0. The van der Waals surface area contributed by atoms with E-state index in [1.165, 1.54) is 16.7 Å². The third-order valence-corrected chi connectivity index (χ3v) is 4.89. The molecule has 0 saturated carbocycles. The number of fused-ring (bicyclic) bond motifs is 1. The number of carbonyl (C=O) groups is 2. The smallest absolute Gasteiger partial charge is 0.220 e. The topological polar surface area (TPSA) is 58.2 Å². The van der Waals surface area contributed by atoms with Crippen LogP contribution in [-0.4, -0.2) is 11.7 Å². The Hall–Kier alpha value is -2.46. The monoisotopic (exact) mass is 364 g/mol. The van der Waals surface area contributed by atoms with E-state index in [2.05, 4.69) is 42.7 Å². The van der Waals surface area contributed by atoms with Gasteiger partial charge in [-0.2, -0.15) is 0 Å². The van der Waals surface area contributed by atoms with Crippen LogP contribution in [0.25, 0.3) is 0 Å². The first-order valence-electron chi connectivity index (χ1n) is 9.71. The van der Waals surface area contributed by atoms with Crippen LogP contribution in [0.2, 0.25) is 0 Å². The largest absolute Gasteiger partial charge is 0.352 e. The van der Waals surface area contributed by atoms with E-state index >= 15 is 0 Å². The van der Waals surface area contributed by atoms with Gasteiger partial charge in [0.15, 0.2) is 5.78 Å². The fourth-order valence-corrected chi connectivity index (χ4v) is 3.42. The van der Waals surface area contributed by atoms with E-state index in [1.807, 2.05) is 24.3 Å². The van der Waals surface area contributed by atoms with Crippen molar-refractivity contribution >= 4 is 11.7 Å². The zero-order chi connectivity index (χ0) is 19.2. The Kier molecular flexibility index (Phi) is 6.40. The quantitative estimate of drug-likeness (QED) is 0.701. The van der Waals surface area contributed by atoms with E-state index in [9.17, 15) is 9.59 Å². The molecule has 142 valence electrons. The van der Waals surface area contributed by atoms with Crippen LogP contribution in [0.15, 0.2) is 42.5 Å². The standard InChI is InChI=1S/C23H28N2O2/c1-16(2)11-17-3-6-19(7-4-17)22(26)9-10-23(27)25-13-18-5-8-20-14-24-15-21(20)12-18/h3-8,12,16,24H,9-11,13-15H2,1-2H3,(H,25,27). The van der Waals surface area contributed by atoms with Crippen LogP contribution in [0.4, 0.5) is 0 Å². The first-order valence-corrected chi connectivity index (χ1v) is 9.71. The van der Waals surface area contributed by atoms with Crippen molar-refractivity contribution in [3.63, 3.8) is 0 Å².